The summed E-state index contributed by atoms with van der Waals surface area (Å²) in [6.45, 7) is 1.58. The van der Waals surface area contributed by atoms with Crippen molar-refractivity contribution in [3.63, 3.8) is 0 Å². The summed E-state index contributed by atoms with van der Waals surface area (Å²) in [7, 11) is 0. The van der Waals surface area contributed by atoms with Gasteiger partial charge in [-0.05, 0) is 96.3 Å². The highest BCUT2D eigenvalue weighted by Crippen LogP contribution is 2.33. The summed E-state index contributed by atoms with van der Waals surface area (Å²) < 4.78 is 34.4. The number of carbonyl (C=O) groups is 1. The lowest BCUT2D eigenvalue weighted by Crippen LogP contribution is -2.66. The fraction of sp³-hybridized carbons (Fsp3) is 0.765. The molecule has 0 spiro atoms. The molecule has 1 amide bonds. The van der Waals surface area contributed by atoms with Crippen LogP contribution in [-0.4, -0.2) is 193 Å². The zero-order valence-electron chi connectivity index (χ0n) is 61.4. The van der Waals surface area contributed by atoms with Crippen LogP contribution in [0.4, 0.5) is 0 Å². The first kappa shape index (κ1) is 90.7. The van der Waals surface area contributed by atoms with Crippen LogP contribution in [0, 0.1) is 0 Å². The van der Waals surface area contributed by atoms with E-state index < -0.39 is 124 Å². The number of allylic oxidation sites excluding steroid dienone is 17. The second-order valence-corrected chi connectivity index (χ2v) is 27.4. The van der Waals surface area contributed by atoms with Gasteiger partial charge >= 0.3 is 0 Å². The third-order valence-corrected chi connectivity index (χ3v) is 18.8. The number of amides is 1. The lowest BCUT2D eigenvalue weighted by molar-refractivity contribution is -0.379. The zero-order valence-corrected chi connectivity index (χ0v) is 61.4. The van der Waals surface area contributed by atoms with Crippen LogP contribution in [0.15, 0.2) is 109 Å². The first-order valence-corrected chi connectivity index (χ1v) is 39.1. The largest absolute Gasteiger partial charge is 0.394 e. The quantitative estimate of drug-likeness (QED) is 0.0199. The minimum atomic E-state index is -1.99. The van der Waals surface area contributed by atoms with Gasteiger partial charge in [-0.15, -0.1) is 0 Å². The molecule has 0 bridgehead atoms. The summed E-state index contributed by atoms with van der Waals surface area (Å²) in [5.74, 6) is -0.290. The molecule has 0 aromatic rings. The average Bonchev–Trinajstić information content (AvgIpc) is 0.784. The SMILES string of the molecule is CC/C=C\C/C=C\C/C=C\C/C=C\C/C=C\C/C=C\CCCCCCCCCCCCCCCCCCCCCCC(=O)NC(COC1OC(CO)C(OC2OC(CO)C(OC3OC(CO)C(O)C(O)C3O)C(O)C2O)C(O)C1O)C(O)/C=C/CC/C=C/CC/C=C/CCCCCCCC. The Morgan fingerprint density at radius 3 is 1.12 bits per heavy atom. The van der Waals surface area contributed by atoms with E-state index in [2.05, 4.69) is 116 Å². The molecule has 0 aliphatic carbocycles. The molecular weight excluding hydrogens is 1270 g/mol. The minimum Gasteiger partial charge on any atom is -0.394 e. The molecule has 3 fully saturated rings. The number of hydrogen-bond donors (Lipinski definition) is 12. The molecule has 12 N–H and O–H groups in total. The Bertz CT molecular complexity index is 2230. The van der Waals surface area contributed by atoms with Gasteiger partial charge in [-0.3, -0.25) is 4.79 Å². The number of nitrogens with one attached hydrogen (secondary N) is 1. The summed E-state index contributed by atoms with van der Waals surface area (Å²) in [6.07, 6.45) is 56.6. The van der Waals surface area contributed by atoms with Crippen LogP contribution in [0.2, 0.25) is 0 Å². The maximum absolute atomic E-state index is 13.4. The predicted octanol–water partition coefficient (Wildman–Crippen LogP) is 12.6. The number of ether oxygens (including phenoxy) is 6. The Kier molecular flexibility index (Phi) is 55.0. The van der Waals surface area contributed by atoms with Crippen molar-refractivity contribution in [3.05, 3.63) is 109 Å². The van der Waals surface area contributed by atoms with Crippen molar-refractivity contribution in [1.82, 2.24) is 5.32 Å². The Morgan fingerprint density at radius 1 is 0.370 bits per heavy atom. The van der Waals surface area contributed by atoms with E-state index in [0.29, 0.717) is 12.8 Å². The number of unbranched alkanes of at least 4 members (excludes halogenated alkanes) is 28. The minimum absolute atomic E-state index is 0.229. The van der Waals surface area contributed by atoms with Crippen molar-refractivity contribution >= 4 is 5.91 Å². The van der Waals surface area contributed by atoms with Crippen molar-refractivity contribution < 1.29 is 89.4 Å². The van der Waals surface area contributed by atoms with Gasteiger partial charge in [-0.1, -0.05) is 271 Å². The van der Waals surface area contributed by atoms with Crippen LogP contribution < -0.4 is 5.32 Å². The van der Waals surface area contributed by atoms with Gasteiger partial charge in [0.05, 0.1) is 38.6 Å². The highest BCUT2D eigenvalue weighted by molar-refractivity contribution is 5.76. The lowest BCUT2D eigenvalue weighted by Gasteiger charge is -2.48. The first-order chi connectivity index (χ1) is 48.8. The van der Waals surface area contributed by atoms with E-state index in [4.69, 9.17) is 28.4 Å². The molecule has 0 saturated carbocycles. The molecule has 3 aliphatic rings. The Labute approximate surface area is 602 Å². The molecule has 19 nitrogen and oxygen atoms in total. The maximum Gasteiger partial charge on any atom is 0.220 e. The highest BCUT2D eigenvalue weighted by atomic mass is 16.8. The van der Waals surface area contributed by atoms with Crippen molar-refractivity contribution in [2.75, 3.05) is 26.4 Å². The van der Waals surface area contributed by atoms with Gasteiger partial charge in [-0.2, -0.15) is 0 Å². The molecule has 3 rings (SSSR count). The number of aliphatic hydroxyl groups is 11. The molecule has 17 unspecified atom stereocenters. The fourth-order valence-electron chi connectivity index (χ4n) is 12.5. The molecule has 100 heavy (non-hydrogen) atoms. The van der Waals surface area contributed by atoms with E-state index in [1.165, 1.54) is 148 Å². The van der Waals surface area contributed by atoms with Gasteiger partial charge in [0.25, 0.3) is 0 Å². The van der Waals surface area contributed by atoms with E-state index in [1.807, 2.05) is 6.08 Å². The molecule has 0 aromatic carbocycles. The molecule has 0 aromatic heterocycles. The summed E-state index contributed by atoms with van der Waals surface area (Å²) in [5.41, 5.74) is 0. The number of carbonyl (C=O) groups excluding carboxylic acids is 1. The van der Waals surface area contributed by atoms with E-state index in [-0.39, 0.29) is 18.9 Å². The van der Waals surface area contributed by atoms with Gasteiger partial charge in [0.1, 0.15) is 73.2 Å². The molecule has 3 heterocycles. The number of rotatable bonds is 60. The zero-order chi connectivity index (χ0) is 72.5. The van der Waals surface area contributed by atoms with Gasteiger partial charge < -0.3 is 89.9 Å². The topological polar surface area (TPSA) is 307 Å². The molecule has 3 aliphatic heterocycles. The summed E-state index contributed by atoms with van der Waals surface area (Å²) in [4.78, 5) is 13.4. The van der Waals surface area contributed by atoms with Crippen LogP contribution in [0.1, 0.15) is 264 Å². The van der Waals surface area contributed by atoms with Crippen LogP contribution in [0.25, 0.3) is 0 Å². The van der Waals surface area contributed by atoms with Crippen molar-refractivity contribution in [2.24, 2.45) is 0 Å². The third kappa shape index (κ3) is 40.6. The monoisotopic (exact) mass is 1410 g/mol. The molecule has 0 radical (unpaired) electrons. The van der Waals surface area contributed by atoms with Crippen molar-refractivity contribution in [2.45, 2.75) is 369 Å². The smallest absolute Gasteiger partial charge is 0.220 e. The summed E-state index contributed by atoms with van der Waals surface area (Å²) in [6, 6.07) is -1.00. The van der Waals surface area contributed by atoms with Crippen LogP contribution >= 0.6 is 0 Å². The number of hydrogen-bond acceptors (Lipinski definition) is 18. The second kappa shape index (κ2) is 60.7. The van der Waals surface area contributed by atoms with Crippen LogP contribution in [-0.2, 0) is 33.2 Å². The van der Waals surface area contributed by atoms with E-state index in [0.717, 1.165) is 83.5 Å². The van der Waals surface area contributed by atoms with E-state index in [9.17, 15) is 61.0 Å². The Balaban J connectivity index is 1.32. The van der Waals surface area contributed by atoms with Crippen LogP contribution in [0.5, 0.6) is 0 Å². The van der Waals surface area contributed by atoms with Gasteiger partial charge in [0.2, 0.25) is 5.91 Å². The highest BCUT2D eigenvalue weighted by Gasteiger charge is 2.53. The standard InChI is InChI=1S/C81H139NO18/c1-3-5-7-9-11-13-15-17-19-21-22-23-24-25-26-27-28-29-30-31-32-33-34-35-36-37-38-39-40-41-42-43-45-47-49-51-53-55-57-59-69(87)82-64(65(86)58-56-54-52-50-48-46-44-20-18-16-14-12-10-8-6-4-2)63-95-79-75(93)72(90)77(67(61-84)97-79)100-81-76(94)73(91)78(68(62-85)98-81)99-80-74(92)71(89)70(88)66(60-83)96-80/h5,7,11,13,17-20,22-23,25-26,28-29,48,50,56,58,64-68,70-81,83-86,88-94H,3-4,6,8-10,12,14-16,21,24,27,30-47,49,51-55,57,59-63H2,1-2H3,(H,82,87)/b7-5-,13-11-,19-17-,20-18+,23-22-,26-25-,29-28-,50-48+,58-56+. The summed E-state index contributed by atoms with van der Waals surface area (Å²) >= 11 is 0. The van der Waals surface area contributed by atoms with E-state index >= 15 is 0 Å². The first-order valence-electron chi connectivity index (χ1n) is 39.1. The predicted molar refractivity (Wildman–Crippen MR) is 397 cm³/mol. The van der Waals surface area contributed by atoms with Crippen molar-refractivity contribution in [3.8, 4) is 0 Å². The Morgan fingerprint density at radius 2 is 0.700 bits per heavy atom. The van der Waals surface area contributed by atoms with Gasteiger partial charge in [0, 0.05) is 6.42 Å². The number of aliphatic hydroxyl groups excluding tert-OH is 11. The normalized spacial score (nSPS) is 27.1. The lowest BCUT2D eigenvalue weighted by atomic mass is 9.96. The Hall–Kier alpha value is -3.55. The fourth-order valence-corrected chi connectivity index (χ4v) is 12.5. The average molecular weight is 1410 g/mol. The molecule has 19 heteroatoms. The maximum atomic E-state index is 13.4. The molecule has 3 saturated heterocycles. The molecule has 576 valence electrons. The van der Waals surface area contributed by atoms with Gasteiger partial charge in [-0.25, -0.2) is 0 Å². The van der Waals surface area contributed by atoms with Crippen molar-refractivity contribution in [1.29, 1.82) is 0 Å². The van der Waals surface area contributed by atoms with E-state index in [1.54, 1.807) is 6.08 Å². The van der Waals surface area contributed by atoms with Gasteiger partial charge in [0.15, 0.2) is 18.9 Å². The third-order valence-electron chi connectivity index (χ3n) is 18.8. The molecular formula is C81H139NO18. The summed E-state index contributed by atoms with van der Waals surface area (Å²) in [5, 5.41) is 121. The van der Waals surface area contributed by atoms with Crippen LogP contribution in [0.3, 0.4) is 0 Å². The second-order valence-electron chi connectivity index (χ2n) is 27.4. The molecule has 17 atom stereocenters.